The zero-order chi connectivity index (χ0) is 14.8. The Kier molecular flexibility index (Phi) is 4.81. The molecule has 20 heavy (non-hydrogen) atoms. The van der Waals surface area contributed by atoms with Crippen molar-refractivity contribution in [3.8, 4) is 0 Å². The molecule has 5 nitrogen and oxygen atoms in total. The fraction of sp³-hybridized carbons (Fsp3) is 0.867. The number of rotatable bonds is 5. The van der Waals surface area contributed by atoms with Crippen LogP contribution in [-0.2, 0) is 6.42 Å². The van der Waals surface area contributed by atoms with Crippen molar-refractivity contribution in [2.24, 2.45) is 5.41 Å². The van der Waals surface area contributed by atoms with E-state index in [0.717, 1.165) is 50.9 Å². The van der Waals surface area contributed by atoms with Gasteiger partial charge in [0.25, 0.3) is 0 Å². The highest BCUT2D eigenvalue weighted by molar-refractivity contribution is 4.95. The van der Waals surface area contributed by atoms with Gasteiger partial charge < -0.3 is 14.3 Å². The molecule has 0 aliphatic carbocycles. The average Bonchev–Trinajstić information content (AvgIpc) is 2.79. The predicted octanol–water partition coefficient (Wildman–Crippen LogP) is 2.01. The number of nitrogens with zero attached hydrogens (tertiary/aromatic N) is 4. The summed E-state index contributed by atoms with van der Waals surface area (Å²) in [5, 5.41) is 4.05. The molecule has 0 aromatic carbocycles. The van der Waals surface area contributed by atoms with Gasteiger partial charge in [-0.05, 0) is 12.5 Å². The van der Waals surface area contributed by atoms with Gasteiger partial charge in [0, 0.05) is 45.1 Å². The van der Waals surface area contributed by atoms with Gasteiger partial charge in [-0.2, -0.15) is 4.98 Å². The van der Waals surface area contributed by atoms with E-state index in [1.165, 1.54) is 0 Å². The smallest absolute Gasteiger partial charge is 0.227 e. The van der Waals surface area contributed by atoms with Crippen molar-refractivity contribution in [1.29, 1.82) is 0 Å². The Morgan fingerprint density at radius 1 is 1.20 bits per heavy atom. The first-order chi connectivity index (χ1) is 9.35. The van der Waals surface area contributed by atoms with E-state index in [1.54, 1.807) is 0 Å². The number of piperazine rings is 1. The minimum atomic E-state index is 0.163. The van der Waals surface area contributed by atoms with Crippen LogP contribution in [0.25, 0.3) is 0 Å². The molecule has 1 aromatic rings. The van der Waals surface area contributed by atoms with E-state index < -0.39 is 0 Å². The van der Waals surface area contributed by atoms with Gasteiger partial charge in [0.05, 0.1) is 0 Å². The van der Waals surface area contributed by atoms with Crippen LogP contribution in [0.3, 0.4) is 0 Å². The first-order valence-corrected chi connectivity index (χ1v) is 7.59. The number of hydrogen-bond acceptors (Lipinski definition) is 5. The van der Waals surface area contributed by atoms with Crippen LogP contribution in [0.5, 0.6) is 0 Å². The number of aromatic nitrogens is 2. The maximum Gasteiger partial charge on any atom is 0.227 e. The van der Waals surface area contributed by atoms with Gasteiger partial charge in [0.1, 0.15) is 0 Å². The molecule has 1 saturated heterocycles. The SMILES string of the molecule is CC(C)c1noc(CC(C)(C)CN2CCN(C)CC2)n1. The van der Waals surface area contributed by atoms with Gasteiger partial charge in [-0.1, -0.05) is 32.9 Å². The van der Waals surface area contributed by atoms with Crippen LogP contribution in [0.2, 0.25) is 0 Å². The second-order valence-electron chi connectivity index (χ2n) is 7.12. The molecule has 2 rings (SSSR count). The molecule has 0 unspecified atom stereocenters. The van der Waals surface area contributed by atoms with E-state index in [4.69, 9.17) is 4.52 Å². The van der Waals surface area contributed by atoms with Crippen molar-refractivity contribution in [2.75, 3.05) is 39.8 Å². The molecule has 0 N–H and O–H groups in total. The summed E-state index contributed by atoms with van der Waals surface area (Å²) >= 11 is 0. The molecule has 0 bridgehead atoms. The van der Waals surface area contributed by atoms with Gasteiger partial charge in [-0.25, -0.2) is 0 Å². The topological polar surface area (TPSA) is 45.4 Å². The monoisotopic (exact) mass is 280 g/mol. The summed E-state index contributed by atoms with van der Waals surface area (Å²) < 4.78 is 5.38. The van der Waals surface area contributed by atoms with Gasteiger partial charge in [-0.3, -0.25) is 0 Å². The van der Waals surface area contributed by atoms with Crippen molar-refractivity contribution in [3.63, 3.8) is 0 Å². The normalized spacial score (nSPS) is 18.9. The van der Waals surface area contributed by atoms with Crippen molar-refractivity contribution >= 4 is 0 Å². The molecule has 114 valence electrons. The Bertz CT molecular complexity index is 419. The van der Waals surface area contributed by atoms with Crippen molar-refractivity contribution in [2.45, 2.75) is 40.0 Å². The van der Waals surface area contributed by atoms with Gasteiger partial charge in [0.2, 0.25) is 5.89 Å². The Morgan fingerprint density at radius 3 is 2.40 bits per heavy atom. The quantitative estimate of drug-likeness (QED) is 0.825. The number of hydrogen-bond donors (Lipinski definition) is 0. The van der Waals surface area contributed by atoms with Crippen LogP contribution in [0.1, 0.15) is 45.3 Å². The van der Waals surface area contributed by atoms with E-state index >= 15 is 0 Å². The zero-order valence-corrected chi connectivity index (χ0v) is 13.5. The van der Waals surface area contributed by atoms with Crippen LogP contribution in [0.15, 0.2) is 4.52 Å². The van der Waals surface area contributed by atoms with Gasteiger partial charge in [0.15, 0.2) is 5.82 Å². The second-order valence-corrected chi connectivity index (χ2v) is 7.12. The first-order valence-electron chi connectivity index (χ1n) is 7.59. The fourth-order valence-electron chi connectivity index (χ4n) is 2.65. The summed E-state index contributed by atoms with van der Waals surface area (Å²) in [6.45, 7) is 14.5. The summed E-state index contributed by atoms with van der Waals surface area (Å²) in [7, 11) is 2.19. The molecule has 0 radical (unpaired) electrons. The number of likely N-dealkylation sites (N-methyl/N-ethyl adjacent to an activating group) is 1. The fourth-order valence-corrected chi connectivity index (χ4v) is 2.65. The summed E-state index contributed by atoms with van der Waals surface area (Å²) in [4.78, 5) is 9.42. The Morgan fingerprint density at radius 2 is 1.85 bits per heavy atom. The Labute approximate surface area is 122 Å². The minimum absolute atomic E-state index is 0.163. The first kappa shape index (κ1) is 15.4. The van der Waals surface area contributed by atoms with E-state index in [1.807, 2.05) is 0 Å². The highest BCUT2D eigenvalue weighted by Crippen LogP contribution is 2.24. The highest BCUT2D eigenvalue weighted by atomic mass is 16.5. The van der Waals surface area contributed by atoms with Gasteiger partial charge in [-0.15, -0.1) is 0 Å². The molecule has 1 fully saturated rings. The molecule has 0 atom stereocenters. The Balaban J connectivity index is 1.89. The molecule has 2 heterocycles. The molecule has 0 spiro atoms. The summed E-state index contributed by atoms with van der Waals surface area (Å²) in [6.07, 6.45) is 0.846. The average molecular weight is 280 g/mol. The maximum atomic E-state index is 5.38. The molecule has 1 aliphatic rings. The zero-order valence-electron chi connectivity index (χ0n) is 13.5. The third kappa shape index (κ3) is 4.28. The van der Waals surface area contributed by atoms with E-state index in [9.17, 15) is 0 Å². The lowest BCUT2D eigenvalue weighted by atomic mass is 9.88. The molecule has 0 saturated carbocycles. The van der Waals surface area contributed by atoms with Crippen LogP contribution >= 0.6 is 0 Å². The highest BCUT2D eigenvalue weighted by Gasteiger charge is 2.27. The second kappa shape index (κ2) is 6.22. The lowest BCUT2D eigenvalue weighted by Gasteiger charge is -2.37. The maximum absolute atomic E-state index is 5.38. The van der Waals surface area contributed by atoms with Crippen LogP contribution in [0, 0.1) is 5.41 Å². The predicted molar refractivity (Wildman–Crippen MR) is 79.8 cm³/mol. The van der Waals surface area contributed by atoms with Crippen molar-refractivity contribution < 1.29 is 4.52 Å². The van der Waals surface area contributed by atoms with Crippen LogP contribution < -0.4 is 0 Å². The Hall–Kier alpha value is -0.940. The summed E-state index contributed by atoms with van der Waals surface area (Å²) in [6, 6.07) is 0. The third-order valence-corrected chi connectivity index (χ3v) is 3.88. The lowest BCUT2D eigenvalue weighted by molar-refractivity contribution is 0.107. The molecular formula is C15H28N4O. The molecule has 1 aliphatic heterocycles. The standard InChI is InChI=1S/C15H28N4O/c1-12(2)14-16-13(20-17-14)10-15(3,4)11-19-8-6-18(5)7-9-19/h12H,6-11H2,1-5H3. The van der Waals surface area contributed by atoms with Crippen molar-refractivity contribution in [3.05, 3.63) is 11.7 Å². The van der Waals surface area contributed by atoms with Crippen LogP contribution in [-0.4, -0.2) is 59.7 Å². The van der Waals surface area contributed by atoms with Crippen molar-refractivity contribution in [1.82, 2.24) is 19.9 Å². The summed E-state index contributed by atoms with van der Waals surface area (Å²) in [5.41, 5.74) is 0.163. The van der Waals surface area contributed by atoms with E-state index in [-0.39, 0.29) is 5.41 Å². The minimum Gasteiger partial charge on any atom is -0.339 e. The lowest BCUT2D eigenvalue weighted by Crippen LogP contribution is -2.47. The third-order valence-electron chi connectivity index (χ3n) is 3.88. The largest absolute Gasteiger partial charge is 0.339 e. The molecule has 0 amide bonds. The molecule has 1 aromatic heterocycles. The molecular weight excluding hydrogens is 252 g/mol. The van der Waals surface area contributed by atoms with Crippen LogP contribution in [0.4, 0.5) is 0 Å². The van der Waals surface area contributed by atoms with E-state index in [0.29, 0.717) is 5.92 Å². The summed E-state index contributed by atoms with van der Waals surface area (Å²) in [5.74, 6) is 1.91. The van der Waals surface area contributed by atoms with Gasteiger partial charge >= 0.3 is 0 Å². The van der Waals surface area contributed by atoms with E-state index in [2.05, 4.69) is 54.7 Å². The molecule has 5 heteroatoms.